The molecular formula is C18H18N2O3. The summed E-state index contributed by atoms with van der Waals surface area (Å²) in [5.74, 6) is -0.965. The number of carbonyl (C=O) groups excluding carboxylic acids is 1. The molecule has 1 amide bonds. The van der Waals surface area contributed by atoms with Gasteiger partial charge in [0.2, 0.25) is 0 Å². The Bertz CT molecular complexity index is 831. The van der Waals surface area contributed by atoms with Crippen LogP contribution in [0.25, 0.3) is 11.6 Å². The van der Waals surface area contributed by atoms with Gasteiger partial charge in [0, 0.05) is 29.2 Å². The predicted molar refractivity (Wildman–Crippen MR) is 89.1 cm³/mol. The van der Waals surface area contributed by atoms with E-state index < -0.39 is 5.97 Å². The van der Waals surface area contributed by atoms with Crippen molar-refractivity contribution in [2.24, 2.45) is 0 Å². The minimum absolute atomic E-state index is 0.0495. The number of amides is 1. The summed E-state index contributed by atoms with van der Waals surface area (Å²) < 4.78 is 1.95. The Labute approximate surface area is 134 Å². The van der Waals surface area contributed by atoms with Crippen LogP contribution in [0.1, 0.15) is 28.9 Å². The summed E-state index contributed by atoms with van der Waals surface area (Å²) in [6.07, 6.45) is 1.90. The quantitative estimate of drug-likeness (QED) is 0.853. The van der Waals surface area contributed by atoms with Crippen molar-refractivity contribution in [1.82, 2.24) is 4.57 Å². The monoisotopic (exact) mass is 310 g/mol. The molecule has 5 heteroatoms. The van der Waals surface area contributed by atoms with E-state index in [1.165, 1.54) is 0 Å². The van der Waals surface area contributed by atoms with E-state index >= 15 is 0 Å². The number of aromatic nitrogens is 1. The molecule has 1 aromatic heterocycles. The van der Waals surface area contributed by atoms with Gasteiger partial charge >= 0.3 is 5.97 Å². The van der Waals surface area contributed by atoms with E-state index in [-0.39, 0.29) is 12.3 Å². The zero-order valence-electron chi connectivity index (χ0n) is 13.1. The minimum Gasteiger partial charge on any atom is -0.481 e. The van der Waals surface area contributed by atoms with E-state index in [9.17, 15) is 9.59 Å². The average Bonchev–Trinajstić information content (AvgIpc) is 2.95. The number of carboxylic acids is 1. The van der Waals surface area contributed by atoms with Crippen molar-refractivity contribution in [3.63, 3.8) is 0 Å². The summed E-state index contributed by atoms with van der Waals surface area (Å²) in [5, 5.41) is 11.8. The maximum absolute atomic E-state index is 12.2. The normalized spacial score (nSPS) is 14.9. The summed E-state index contributed by atoms with van der Waals surface area (Å²) in [7, 11) is 0. The topological polar surface area (TPSA) is 71.3 Å². The number of aliphatic carboxylic acids is 1. The van der Waals surface area contributed by atoms with Crippen LogP contribution < -0.4 is 5.32 Å². The first-order valence-electron chi connectivity index (χ1n) is 7.48. The Kier molecular flexibility index (Phi) is 3.78. The fourth-order valence-electron chi connectivity index (χ4n) is 2.98. The maximum Gasteiger partial charge on any atom is 0.305 e. The van der Waals surface area contributed by atoms with Crippen LogP contribution in [0.15, 0.2) is 30.3 Å². The number of aryl methyl sites for hydroxylation is 2. The van der Waals surface area contributed by atoms with Gasteiger partial charge in [-0.3, -0.25) is 9.59 Å². The predicted octanol–water partition coefficient (Wildman–Crippen LogP) is 3.07. The number of nitrogens with one attached hydrogen (secondary N) is 1. The Morgan fingerprint density at radius 2 is 2.04 bits per heavy atom. The van der Waals surface area contributed by atoms with Crippen LogP contribution in [0, 0.1) is 13.8 Å². The molecule has 1 aliphatic heterocycles. The van der Waals surface area contributed by atoms with E-state index in [0.717, 1.165) is 28.2 Å². The molecule has 0 saturated carbocycles. The van der Waals surface area contributed by atoms with Crippen LogP contribution in [0.2, 0.25) is 0 Å². The Hall–Kier alpha value is -2.82. The third kappa shape index (κ3) is 2.77. The number of rotatable bonds is 4. The van der Waals surface area contributed by atoms with Crippen molar-refractivity contribution < 1.29 is 14.7 Å². The lowest BCUT2D eigenvalue weighted by molar-refractivity contribution is -0.137. The summed E-state index contributed by atoms with van der Waals surface area (Å²) in [5.41, 5.74) is 5.19. The number of anilines is 1. The lowest BCUT2D eigenvalue weighted by atomic mass is 10.1. The molecule has 0 saturated heterocycles. The van der Waals surface area contributed by atoms with Gasteiger partial charge in [-0.25, -0.2) is 0 Å². The van der Waals surface area contributed by atoms with E-state index in [1.807, 2.05) is 54.8 Å². The van der Waals surface area contributed by atoms with Crippen LogP contribution in [-0.4, -0.2) is 21.6 Å². The number of nitrogens with zero attached hydrogens (tertiary/aromatic N) is 1. The SMILES string of the molecule is Cc1cc(C)n(CCC(=O)O)c1/C=C1\C(=O)Nc2ccccc21. The van der Waals surface area contributed by atoms with Crippen LogP contribution >= 0.6 is 0 Å². The number of hydrogen-bond donors (Lipinski definition) is 2. The van der Waals surface area contributed by atoms with Crippen molar-refractivity contribution in [3.8, 4) is 0 Å². The molecule has 0 spiro atoms. The molecule has 2 heterocycles. The molecule has 1 aromatic carbocycles. The number of fused-ring (bicyclic) bond motifs is 1. The number of carboxylic acid groups (broad SMARTS) is 1. The van der Waals surface area contributed by atoms with Gasteiger partial charge in [-0.05, 0) is 37.6 Å². The highest BCUT2D eigenvalue weighted by Crippen LogP contribution is 2.33. The molecule has 5 nitrogen and oxygen atoms in total. The number of hydrogen-bond acceptors (Lipinski definition) is 2. The van der Waals surface area contributed by atoms with E-state index in [2.05, 4.69) is 5.32 Å². The third-order valence-electron chi connectivity index (χ3n) is 4.09. The van der Waals surface area contributed by atoms with Crippen molar-refractivity contribution in [3.05, 3.63) is 52.8 Å². The van der Waals surface area contributed by atoms with Crippen LogP contribution in [0.4, 0.5) is 5.69 Å². The number of benzene rings is 1. The highest BCUT2D eigenvalue weighted by atomic mass is 16.4. The maximum atomic E-state index is 12.2. The summed E-state index contributed by atoms with van der Waals surface area (Å²) in [4.78, 5) is 23.1. The molecule has 0 fully saturated rings. The molecule has 0 unspecified atom stereocenters. The van der Waals surface area contributed by atoms with Gasteiger partial charge in [-0.15, -0.1) is 0 Å². The second-order valence-corrected chi connectivity index (χ2v) is 5.71. The first kappa shape index (κ1) is 15.1. The largest absolute Gasteiger partial charge is 0.481 e. The lowest BCUT2D eigenvalue weighted by Gasteiger charge is -2.09. The van der Waals surface area contributed by atoms with Crippen LogP contribution in [0.3, 0.4) is 0 Å². The second-order valence-electron chi connectivity index (χ2n) is 5.71. The Balaban J connectivity index is 2.06. The molecular weight excluding hydrogens is 292 g/mol. The first-order valence-corrected chi connectivity index (χ1v) is 7.48. The molecule has 0 aliphatic carbocycles. The standard InChI is InChI=1S/C18H18N2O3/c1-11-9-12(2)20(8-7-17(21)22)16(11)10-14-13-5-3-4-6-15(13)19-18(14)23/h3-6,9-10H,7-8H2,1-2H3,(H,19,23)(H,21,22)/b14-10-. The molecule has 0 atom stereocenters. The van der Waals surface area contributed by atoms with E-state index in [0.29, 0.717) is 12.1 Å². The highest BCUT2D eigenvalue weighted by molar-refractivity contribution is 6.34. The third-order valence-corrected chi connectivity index (χ3v) is 4.09. The fourth-order valence-corrected chi connectivity index (χ4v) is 2.98. The molecule has 0 radical (unpaired) electrons. The van der Waals surface area contributed by atoms with Crippen molar-refractivity contribution >= 4 is 29.2 Å². The van der Waals surface area contributed by atoms with Crippen molar-refractivity contribution in [1.29, 1.82) is 0 Å². The summed E-state index contributed by atoms with van der Waals surface area (Å²) >= 11 is 0. The number of para-hydroxylation sites is 1. The van der Waals surface area contributed by atoms with Gasteiger partial charge in [-0.1, -0.05) is 18.2 Å². The minimum atomic E-state index is -0.835. The molecule has 118 valence electrons. The van der Waals surface area contributed by atoms with Gasteiger partial charge in [0.05, 0.1) is 12.0 Å². The van der Waals surface area contributed by atoms with Gasteiger partial charge < -0.3 is 15.0 Å². The Morgan fingerprint density at radius 1 is 1.30 bits per heavy atom. The Morgan fingerprint density at radius 3 is 2.78 bits per heavy atom. The van der Waals surface area contributed by atoms with Gasteiger partial charge in [-0.2, -0.15) is 0 Å². The zero-order chi connectivity index (χ0) is 16.6. The smallest absolute Gasteiger partial charge is 0.305 e. The van der Waals surface area contributed by atoms with E-state index in [1.54, 1.807) is 0 Å². The summed E-state index contributed by atoms with van der Waals surface area (Å²) in [6.45, 7) is 4.30. The average molecular weight is 310 g/mol. The second kappa shape index (κ2) is 5.76. The van der Waals surface area contributed by atoms with Crippen LogP contribution in [0.5, 0.6) is 0 Å². The zero-order valence-corrected chi connectivity index (χ0v) is 13.1. The molecule has 2 N–H and O–H groups in total. The van der Waals surface area contributed by atoms with Gasteiger partial charge in [0.15, 0.2) is 0 Å². The molecule has 23 heavy (non-hydrogen) atoms. The molecule has 2 aromatic rings. The lowest BCUT2D eigenvalue weighted by Crippen LogP contribution is -2.09. The van der Waals surface area contributed by atoms with E-state index in [4.69, 9.17) is 5.11 Å². The fraction of sp³-hybridized carbons (Fsp3) is 0.222. The van der Waals surface area contributed by atoms with Crippen molar-refractivity contribution in [2.45, 2.75) is 26.8 Å². The summed E-state index contributed by atoms with van der Waals surface area (Å²) in [6, 6.07) is 9.57. The molecule has 0 bridgehead atoms. The van der Waals surface area contributed by atoms with Gasteiger partial charge in [0.1, 0.15) is 0 Å². The molecule has 3 rings (SSSR count). The van der Waals surface area contributed by atoms with Crippen LogP contribution in [-0.2, 0) is 16.1 Å². The number of carbonyl (C=O) groups is 2. The van der Waals surface area contributed by atoms with Crippen molar-refractivity contribution in [2.75, 3.05) is 5.32 Å². The highest BCUT2D eigenvalue weighted by Gasteiger charge is 2.24. The molecule has 1 aliphatic rings. The first-order chi connectivity index (χ1) is 11.0. The van der Waals surface area contributed by atoms with Gasteiger partial charge in [0.25, 0.3) is 5.91 Å².